The van der Waals surface area contributed by atoms with Crippen molar-refractivity contribution < 1.29 is 9.53 Å². The zero-order valence-corrected chi connectivity index (χ0v) is 14.2. The summed E-state index contributed by atoms with van der Waals surface area (Å²) < 4.78 is 5.88. The Hall–Kier alpha value is -1.95. The van der Waals surface area contributed by atoms with E-state index < -0.39 is 0 Å². The van der Waals surface area contributed by atoms with Gasteiger partial charge in [-0.05, 0) is 55.2 Å². The lowest BCUT2D eigenvalue weighted by Crippen LogP contribution is -2.31. The number of fused-ring (bicyclic) bond motifs is 1. The van der Waals surface area contributed by atoms with Crippen LogP contribution < -0.4 is 21.3 Å². The third-order valence-corrected chi connectivity index (χ3v) is 5.14. The molecule has 1 amide bonds. The van der Waals surface area contributed by atoms with Gasteiger partial charge in [-0.1, -0.05) is 23.2 Å². The highest BCUT2D eigenvalue weighted by Crippen LogP contribution is 2.53. The maximum absolute atomic E-state index is 12.1. The molecular weight excluding hydrogens is 349 g/mol. The number of hydrazine groups is 1. The number of carbonyl (C=O) groups excluding carboxylic acids is 1. The summed E-state index contributed by atoms with van der Waals surface area (Å²) in [5.74, 6) is 6.49. The number of hydrogen-bond acceptors (Lipinski definition) is 4. The quantitative estimate of drug-likeness (QED) is 0.559. The first-order valence-corrected chi connectivity index (χ1v) is 8.34. The number of halogens is 2. The number of benzene rings is 2. The van der Waals surface area contributed by atoms with Crippen LogP contribution in [-0.2, 0) is 11.2 Å². The van der Waals surface area contributed by atoms with Crippen molar-refractivity contribution in [2.45, 2.75) is 19.3 Å². The standard InChI is InChI=1S/C17H15Cl2N3O2/c18-12-6-10(22-20)7-13(19)15(12)24-11-1-2-14-9(5-11)8-17(3-4-17)16(23)21-14/h1-2,5-7,22H,3-4,8,20H2,(H,21,23). The Morgan fingerprint density at radius 1 is 1.17 bits per heavy atom. The minimum absolute atomic E-state index is 0.125. The molecule has 0 radical (unpaired) electrons. The lowest BCUT2D eigenvalue weighted by atomic mass is 9.90. The van der Waals surface area contributed by atoms with Crippen molar-refractivity contribution in [2.24, 2.45) is 11.3 Å². The lowest BCUT2D eigenvalue weighted by Gasteiger charge is -2.24. The van der Waals surface area contributed by atoms with E-state index in [2.05, 4.69) is 10.7 Å². The molecule has 0 saturated heterocycles. The highest BCUT2D eigenvalue weighted by Gasteiger charge is 2.52. The summed E-state index contributed by atoms with van der Waals surface area (Å²) in [6, 6.07) is 8.83. The number of nitrogens with two attached hydrogens (primary N) is 1. The van der Waals surface area contributed by atoms with Crippen LogP contribution in [0.4, 0.5) is 11.4 Å². The lowest BCUT2D eigenvalue weighted by molar-refractivity contribution is -0.121. The third-order valence-electron chi connectivity index (χ3n) is 4.57. The van der Waals surface area contributed by atoms with Crippen LogP contribution in [0.2, 0.25) is 10.0 Å². The fraction of sp³-hybridized carbons (Fsp3) is 0.235. The molecule has 1 aliphatic carbocycles. The van der Waals surface area contributed by atoms with Gasteiger partial charge >= 0.3 is 0 Å². The molecule has 1 saturated carbocycles. The normalized spacial score (nSPS) is 17.2. The highest BCUT2D eigenvalue weighted by molar-refractivity contribution is 6.37. The molecule has 0 aromatic heterocycles. The minimum Gasteiger partial charge on any atom is -0.454 e. The Morgan fingerprint density at radius 2 is 1.88 bits per heavy atom. The SMILES string of the molecule is NNc1cc(Cl)c(Oc2ccc3c(c2)CC2(CC2)C(=O)N3)c(Cl)c1. The van der Waals surface area contributed by atoms with Gasteiger partial charge in [0.2, 0.25) is 5.91 Å². The number of carbonyl (C=O) groups is 1. The van der Waals surface area contributed by atoms with Gasteiger partial charge in [0, 0.05) is 5.69 Å². The number of anilines is 2. The van der Waals surface area contributed by atoms with Crippen LogP contribution in [0.25, 0.3) is 0 Å². The molecule has 1 fully saturated rings. The van der Waals surface area contributed by atoms with Gasteiger partial charge in [-0.25, -0.2) is 0 Å². The molecule has 4 rings (SSSR count). The second kappa shape index (κ2) is 5.55. The first-order valence-electron chi connectivity index (χ1n) is 7.59. The largest absolute Gasteiger partial charge is 0.454 e. The Bertz CT molecular complexity index is 827. The van der Waals surface area contributed by atoms with Crippen LogP contribution >= 0.6 is 23.2 Å². The van der Waals surface area contributed by atoms with Crippen molar-refractivity contribution in [1.82, 2.24) is 0 Å². The smallest absolute Gasteiger partial charge is 0.230 e. The molecule has 5 nitrogen and oxygen atoms in total. The monoisotopic (exact) mass is 363 g/mol. The topological polar surface area (TPSA) is 76.4 Å². The molecule has 2 aromatic carbocycles. The van der Waals surface area contributed by atoms with Crippen LogP contribution in [0.15, 0.2) is 30.3 Å². The summed E-state index contributed by atoms with van der Waals surface area (Å²) in [5.41, 5.74) is 4.79. The van der Waals surface area contributed by atoms with E-state index in [0.717, 1.165) is 30.5 Å². The molecule has 124 valence electrons. The number of rotatable bonds is 3. The van der Waals surface area contributed by atoms with Crippen molar-refractivity contribution in [2.75, 3.05) is 10.7 Å². The van der Waals surface area contributed by atoms with Crippen LogP contribution in [0.1, 0.15) is 18.4 Å². The molecule has 7 heteroatoms. The fourth-order valence-electron chi connectivity index (χ4n) is 3.01. The van der Waals surface area contributed by atoms with Crippen molar-refractivity contribution in [3.8, 4) is 11.5 Å². The van der Waals surface area contributed by atoms with E-state index in [0.29, 0.717) is 27.2 Å². The Morgan fingerprint density at radius 3 is 2.50 bits per heavy atom. The molecule has 1 spiro atoms. The first-order chi connectivity index (χ1) is 11.5. The molecule has 1 aliphatic heterocycles. The number of nitrogens with one attached hydrogen (secondary N) is 2. The van der Waals surface area contributed by atoms with Crippen molar-refractivity contribution >= 4 is 40.5 Å². The summed E-state index contributed by atoms with van der Waals surface area (Å²) in [6.07, 6.45) is 2.62. The van der Waals surface area contributed by atoms with E-state index in [4.69, 9.17) is 33.8 Å². The summed E-state index contributed by atoms with van der Waals surface area (Å²) in [5, 5.41) is 3.70. The van der Waals surface area contributed by atoms with Crippen LogP contribution in [0, 0.1) is 5.41 Å². The number of nitrogen functional groups attached to an aromatic ring is 1. The van der Waals surface area contributed by atoms with Gasteiger partial charge in [0.05, 0.1) is 21.1 Å². The first kappa shape index (κ1) is 15.6. The Kier molecular flexibility index (Phi) is 3.60. The van der Waals surface area contributed by atoms with Gasteiger partial charge in [0.1, 0.15) is 5.75 Å². The van der Waals surface area contributed by atoms with E-state index in [9.17, 15) is 4.79 Å². The van der Waals surface area contributed by atoms with Gasteiger partial charge in [0.25, 0.3) is 0 Å². The predicted octanol–water partition coefficient (Wildman–Crippen LogP) is 4.35. The highest BCUT2D eigenvalue weighted by atomic mass is 35.5. The summed E-state index contributed by atoms with van der Waals surface area (Å²) in [7, 11) is 0. The molecule has 24 heavy (non-hydrogen) atoms. The second-order valence-corrected chi connectivity index (χ2v) is 7.06. The van der Waals surface area contributed by atoms with Gasteiger partial charge in [-0.2, -0.15) is 0 Å². The zero-order valence-electron chi connectivity index (χ0n) is 12.7. The molecule has 0 atom stereocenters. The van der Waals surface area contributed by atoms with Crippen LogP contribution in [0.5, 0.6) is 11.5 Å². The average molecular weight is 364 g/mol. The molecule has 2 aromatic rings. The number of hydrogen-bond donors (Lipinski definition) is 3. The fourth-order valence-corrected chi connectivity index (χ4v) is 3.58. The van der Waals surface area contributed by atoms with E-state index in [-0.39, 0.29) is 11.3 Å². The maximum atomic E-state index is 12.1. The van der Waals surface area contributed by atoms with Gasteiger partial charge < -0.3 is 15.5 Å². The molecule has 0 unspecified atom stereocenters. The molecule has 0 bridgehead atoms. The van der Waals surface area contributed by atoms with Crippen LogP contribution in [-0.4, -0.2) is 5.91 Å². The van der Waals surface area contributed by atoms with Crippen molar-refractivity contribution in [1.29, 1.82) is 0 Å². The van der Waals surface area contributed by atoms with E-state index in [1.807, 2.05) is 12.1 Å². The van der Waals surface area contributed by atoms with Gasteiger partial charge in [0.15, 0.2) is 5.75 Å². The average Bonchev–Trinajstić information content (AvgIpc) is 3.32. The minimum atomic E-state index is -0.213. The zero-order chi connectivity index (χ0) is 16.9. The maximum Gasteiger partial charge on any atom is 0.230 e. The Balaban J connectivity index is 1.64. The molecule has 1 heterocycles. The molecular formula is C17H15Cl2N3O2. The second-order valence-electron chi connectivity index (χ2n) is 6.25. The number of ether oxygens (including phenoxy) is 1. The van der Waals surface area contributed by atoms with Gasteiger partial charge in [-0.15, -0.1) is 0 Å². The Labute approximate surface area is 149 Å². The third kappa shape index (κ3) is 2.59. The van der Waals surface area contributed by atoms with E-state index in [1.165, 1.54) is 0 Å². The summed E-state index contributed by atoms with van der Waals surface area (Å²) in [4.78, 5) is 12.1. The summed E-state index contributed by atoms with van der Waals surface area (Å²) >= 11 is 12.4. The van der Waals surface area contributed by atoms with Gasteiger partial charge in [-0.3, -0.25) is 10.6 Å². The van der Waals surface area contributed by atoms with E-state index >= 15 is 0 Å². The molecule has 4 N–H and O–H groups in total. The van der Waals surface area contributed by atoms with E-state index in [1.54, 1.807) is 18.2 Å². The molecule has 2 aliphatic rings. The predicted molar refractivity (Wildman–Crippen MR) is 94.8 cm³/mol. The van der Waals surface area contributed by atoms with Crippen molar-refractivity contribution in [3.05, 3.63) is 45.9 Å². The number of amides is 1. The van der Waals surface area contributed by atoms with Crippen molar-refractivity contribution in [3.63, 3.8) is 0 Å². The van der Waals surface area contributed by atoms with Crippen LogP contribution in [0.3, 0.4) is 0 Å². The summed E-state index contributed by atoms with van der Waals surface area (Å²) in [6.45, 7) is 0.